The second-order valence-electron chi connectivity index (χ2n) is 4.67. The normalized spacial score (nSPS) is 13.6. The number of hydrogen-bond acceptors (Lipinski definition) is 3. The number of carboxylic acids is 1. The maximum absolute atomic E-state index is 11.9. The van der Waals surface area contributed by atoms with Crippen molar-refractivity contribution in [1.29, 1.82) is 0 Å². The summed E-state index contributed by atoms with van der Waals surface area (Å²) >= 11 is 1.65. The van der Waals surface area contributed by atoms with E-state index in [0.717, 1.165) is 6.42 Å². The van der Waals surface area contributed by atoms with Gasteiger partial charge in [-0.05, 0) is 31.2 Å². The maximum atomic E-state index is 11.9. The Hall–Kier alpha value is -1.56. The van der Waals surface area contributed by atoms with Gasteiger partial charge in [0.2, 0.25) is 0 Å². The van der Waals surface area contributed by atoms with Crippen molar-refractivity contribution >= 4 is 23.3 Å². The molecule has 1 unspecified atom stereocenters. The molecule has 0 radical (unpaired) electrons. The van der Waals surface area contributed by atoms with Crippen LogP contribution in [0.4, 0.5) is 4.79 Å². The van der Waals surface area contributed by atoms with E-state index < -0.39 is 11.5 Å². The molecular formula is C13H20N2O3S. The molecule has 1 atom stereocenters. The number of nitrogens with zero attached hydrogens (tertiary/aromatic N) is 1. The van der Waals surface area contributed by atoms with Gasteiger partial charge in [0.05, 0.1) is 0 Å². The summed E-state index contributed by atoms with van der Waals surface area (Å²) < 4.78 is 0. The molecule has 2 amide bonds. The molecule has 0 aliphatic carbocycles. The van der Waals surface area contributed by atoms with Crippen LogP contribution in [0.3, 0.4) is 0 Å². The zero-order valence-electron chi connectivity index (χ0n) is 11.5. The van der Waals surface area contributed by atoms with Crippen molar-refractivity contribution in [3.63, 3.8) is 0 Å². The third-order valence-corrected chi connectivity index (χ3v) is 4.12. The Bertz CT molecular complexity index is 433. The largest absolute Gasteiger partial charge is 0.480 e. The maximum Gasteiger partial charge on any atom is 0.329 e. The third kappa shape index (κ3) is 4.24. The summed E-state index contributed by atoms with van der Waals surface area (Å²) in [6, 6.07) is 3.63. The smallest absolute Gasteiger partial charge is 0.329 e. The number of hydrogen-bond donors (Lipinski definition) is 2. The molecule has 6 heteroatoms. The lowest BCUT2D eigenvalue weighted by atomic mass is 10.00. The average Bonchev–Trinajstić information content (AvgIpc) is 2.88. The van der Waals surface area contributed by atoms with Crippen LogP contribution in [-0.2, 0) is 11.2 Å². The predicted octanol–water partition coefficient (Wildman–Crippen LogP) is 2.19. The van der Waals surface area contributed by atoms with Crippen LogP contribution in [0.5, 0.6) is 0 Å². The summed E-state index contributed by atoms with van der Waals surface area (Å²) in [5, 5.41) is 13.7. The second-order valence-corrected chi connectivity index (χ2v) is 5.70. The van der Waals surface area contributed by atoms with Gasteiger partial charge in [-0.25, -0.2) is 9.59 Å². The lowest BCUT2D eigenvalue weighted by molar-refractivity contribution is -0.143. The van der Waals surface area contributed by atoms with E-state index in [-0.39, 0.29) is 6.03 Å². The highest BCUT2D eigenvalue weighted by molar-refractivity contribution is 7.09. The Morgan fingerprint density at radius 2 is 2.21 bits per heavy atom. The van der Waals surface area contributed by atoms with Crippen molar-refractivity contribution in [2.45, 2.75) is 32.2 Å². The van der Waals surface area contributed by atoms with E-state index in [1.54, 1.807) is 25.3 Å². The molecule has 19 heavy (non-hydrogen) atoms. The fourth-order valence-corrected chi connectivity index (χ4v) is 2.16. The first-order valence-corrected chi connectivity index (χ1v) is 7.06. The Morgan fingerprint density at radius 3 is 2.68 bits per heavy atom. The van der Waals surface area contributed by atoms with Crippen LogP contribution in [-0.4, -0.2) is 41.1 Å². The van der Waals surface area contributed by atoms with Gasteiger partial charge in [0.15, 0.2) is 0 Å². The first-order chi connectivity index (χ1) is 8.89. The van der Waals surface area contributed by atoms with E-state index in [0.29, 0.717) is 13.0 Å². The summed E-state index contributed by atoms with van der Waals surface area (Å²) in [6.07, 6.45) is 1.12. The predicted molar refractivity (Wildman–Crippen MR) is 75.5 cm³/mol. The quantitative estimate of drug-likeness (QED) is 0.841. The van der Waals surface area contributed by atoms with Crippen molar-refractivity contribution < 1.29 is 14.7 Å². The molecule has 0 saturated heterocycles. The molecule has 0 aliphatic heterocycles. The molecule has 5 nitrogen and oxygen atoms in total. The molecule has 2 N–H and O–H groups in total. The van der Waals surface area contributed by atoms with E-state index in [4.69, 9.17) is 5.11 Å². The Morgan fingerprint density at radius 1 is 1.53 bits per heavy atom. The van der Waals surface area contributed by atoms with Gasteiger partial charge < -0.3 is 15.3 Å². The molecule has 0 fully saturated rings. The number of carbonyl (C=O) groups excluding carboxylic acids is 1. The highest BCUT2D eigenvalue weighted by Crippen LogP contribution is 2.11. The summed E-state index contributed by atoms with van der Waals surface area (Å²) in [5.41, 5.74) is -1.21. The molecular weight excluding hydrogens is 264 g/mol. The molecule has 0 bridgehead atoms. The van der Waals surface area contributed by atoms with E-state index in [1.165, 1.54) is 16.7 Å². The number of rotatable bonds is 6. The number of amides is 2. The van der Waals surface area contributed by atoms with Gasteiger partial charge in [0.25, 0.3) is 0 Å². The highest BCUT2D eigenvalue weighted by atomic mass is 32.1. The Kier molecular flexibility index (Phi) is 5.35. The molecule has 106 valence electrons. The molecule has 1 aromatic heterocycles. The second kappa shape index (κ2) is 6.56. The van der Waals surface area contributed by atoms with Crippen LogP contribution in [0.15, 0.2) is 17.5 Å². The number of urea groups is 1. The van der Waals surface area contributed by atoms with Gasteiger partial charge in [-0.2, -0.15) is 0 Å². The van der Waals surface area contributed by atoms with Gasteiger partial charge in [-0.15, -0.1) is 11.3 Å². The zero-order chi connectivity index (χ0) is 14.5. The van der Waals surface area contributed by atoms with Crippen molar-refractivity contribution in [3.8, 4) is 0 Å². The van der Waals surface area contributed by atoms with Crippen molar-refractivity contribution in [2.75, 3.05) is 13.6 Å². The lowest BCUT2D eigenvalue weighted by Crippen LogP contribution is -2.55. The summed E-state index contributed by atoms with van der Waals surface area (Å²) in [7, 11) is 1.67. The molecule has 1 aromatic rings. The minimum absolute atomic E-state index is 0.340. The van der Waals surface area contributed by atoms with E-state index >= 15 is 0 Å². The van der Waals surface area contributed by atoms with Crippen LogP contribution >= 0.6 is 11.3 Å². The van der Waals surface area contributed by atoms with Gasteiger partial charge in [0.1, 0.15) is 5.54 Å². The minimum Gasteiger partial charge on any atom is -0.480 e. The van der Waals surface area contributed by atoms with Crippen LogP contribution in [0.2, 0.25) is 0 Å². The number of aliphatic carboxylic acids is 1. The molecule has 1 rings (SSSR count). The summed E-state index contributed by atoms with van der Waals surface area (Å²) in [6.45, 7) is 3.81. The number of thiophene rings is 1. The number of likely N-dealkylation sites (N-methyl/N-ethyl adjacent to an activating group) is 1. The van der Waals surface area contributed by atoms with E-state index in [9.17, 15) is 9.59 Å². The third-order valence-electron chi connectivity index (χ3n) is 3.18. The topological polar surface area (TPSA) is 69.6 Å². The monoisotopic (exact) mass is 284 g/mol. The molecule has 0 spiro atoms. The van der Waals surface area contributed by atoms with Gasteiger partial charge in [-0.1, -0.05) is 13.0 Å². The minimum atomic E-state index is -1.21. The van der Waals surface area contributed by atoms with E-state index in [2.05, 4.69) is 5.32 Å². The Balaban J connectivity index is 2.50. The van der Waals surface area contributed by atoms with Gasteiger partial charge in [0, 0.05) is 18.5 Å². The van der Waals surface area contributed by atoms with Crippen molar-refractivity contribution in [3.05, 3.63) is 22.4 Å². The van der Waals surface area contributed by atoms with Crippen LogP contribution in [0, 0.1) is 0 Å². The standard InChI is InChI=1S/C13H20N2O3S/c1-4-13(2,11(16)17)14-12(18)15(3)8-7-10-6-5-9-19-10/h5-6,9H,4,7-8H2,1-3H3,(H,14,18)(H,16,17). The summed E-state index contributed by atoms with van der Waals surface area (Å²) in [4.78, 5) is 25.8. The number of nitrogens with one attached hydrogen (secondary N) is 1. The molecule has 0 aromatic carbocycles. The van der Waals surface area contributed by atoms with Crippen LogP contribution in [0.25, 0.3) is 0 Å². The highest BCUT2D eigenvalue weighted by Gasteiger charge is 2.33. The number of carbonyl (C=O) groups is 2. The Labute approximate surface area is 117 Å². The molecule has 1 heterocycles. The van der Waals surface area contributed by atoms with E-state index in [1.807, 2.05) is 17.5 Å². The molecule has 0 aliphatic rings. The van der Waals surface area contributed by atoms with Crippen molar-refractivity contribution in [2.24, 2.45) is 0 Å². The lowest BCUT2D eigenvalue weighted by Gasteiger charge is -2.28. The zero-order valence-corrected chi connectivity index (χ0v) is 12.3. The summed E-state index contributed by atoms with van der Waals surface area (Å²) in [5.74, 6) is -1.02. The first kappa shape index (κ1) is 15.5. The number of carboxylic acid groups (broad SMARTS) is 1. The van der Waals surface area contributed by atoms with Gasteiger partial charge in [-0.3, -0.25) is 0 Å². The van der Waals surface area contributed by atoms with Gasteiger partial charge >= 0.3 is 12.0 Å². The first-order valence-electron chi connectivity index (χ1n) is 6.18. The molecule has 0 saturated carbocycles. The van der Waals surface area contributed by atoms with Crippen molar-refractivity contribution in [1.82, 2.24) is 10.2 Å². The van der Waals surface area contributed by atoms with Crippen LogP contribution in [0.1, 0.15) is 25.1 Å². The average molecular weight is 284 g/mol. The SMILES string of the molecule is CCC(C)(NC(=O)N(C)CCc1cccs1)C(=O)O. The van der Waals surface area contributed by atoms with Crippen LogP contribution < -0.4 is 5.32 Å². The fraction of sp³-hybridized carbons (Fsp3) is 0.538. The fourth-order valence-electron chi connectivity index (χ4n) is 1.46.